The Bertz CT molecular complexity index is 1040. The standard InChI is InChI=1S/C27H38N4O3/c1-19-9-10-23(20(2)17-19)31-24(22(18-28-31)25(32)29-13-7-6-8-14-29)21-11-15-30(16-12-21)26(33)34-27(3,4)5/h9-10,17-18,21H,6-8,11-16H2,1-5H3. The van der Waals surface area contributed by atoms with Gasteiger partial charge in [-0.15, -0.1) is 0 Å². The van der Waals surface area contributed by atoms with Gasteiger partial charge in [0.25, 0.3) is 5.91 Å². The van der Waals surface area contributed by atoms with Crippen LogP contribution in [-0.4, -0.2) is 63.4 Å². The van der Waals surface area contributed by atoms with Gasteiger partial charge in [0.15, 0.2) is 0 Å². The summed E-state index contributed by atoms with van der Waals surface area (Å²) in [4.78, 5) is 29.9. The molecule has 34 heavy (non-hydrogen) atoms. The van der Waals surface area contributed by atoms with E-state index in [2.05, 4.69) is 32.0 Å². The quantitative estimate of drug-likeness (QED) is 0.621. The maximum Gasteiger partial charge on any atom is 0.410 e. The molecule has 0 aliphatic carbocycles. The number of carbonyl (C=O) groups excluding carboxylic acids is 2. The lowest BCUT2D eigenvalue weighted by Gasteiger charge is -2.34. The molecule has 0 bridgehead atoms. The van der Waals surface area contributed by atoms with Gasteiger partial charge < -0.3 is 14.5 Å². The second-order valence-electron chi connectivity index (χ2n) is 10.7. The highest BCUT2D eigenvalue weighted by atomic mass is 16.6. The number of likely N-dealkylation sites (tertiary alicyclic amines) is 2. The first kappa shape index (κ1) is 24.3. The fourth-order valence-electron chi connectivity index (χ4n) is 5.08. The van der Waals surface area contributed by atoms with Gasteiger partial charge in [-0.25, -0.2) is 9.48 Å². The van der Waals surface area contributed by atoms with Crippen LogP contribution in [0.15, 0.2) is 24.4 Å². The van der Waals surface area contributed by atoms with E-state index in [0.717, 1.165) is 55.7 Å². The maximum absolute atomic E-state index is 13.6. The van der Waals surface area contributed by atoms with E-state index in [1.54, 1.807) is 11.1 Å². The van der Waals surface area contributed by atoms with Crippen LogP contribution in [0.2, 0.25) is 0 Å². The molecule has 7 heteroatoms. The average molecular weight is 467 g/mol. The molecule has 0 N–H and O–H groups in total. The summed E-state index contributed by atoms with van der Waals surface area (Å²) in [7, 11) is 0. The van der Waals surface area contributed by atoms with E-state index >= 15 is 0 Å². The summed E-state index contributed by atoms with van der Waals surface area (Å²) in [5.74, 6) is 0.228. The van der Waals surface area contributed by atoms with Crippen LogP contribution in [0, 0.1) is 13.8 Å². The SMILES string of the molecule is Cc1ccc(-n2ncc(C(=O)N3CCCCC3)c2C2CCN(C(=O)OC(C)(C)C)CC2)c(C)c1. The van der Waals surface area contributed by atoms with E-state index in [1.807, 2.05) is 30.4 Å². The van der Waals surface area contributed by atoms with Gasteiger partial charge in [-0.05, 0) is 78.4 Å². The predicted octanol–water partition coefficient (Wildman–Crippen LogP) is 5.23. The zero-order valence-corrected chi connectivity index (χ0v) is 21.3. The van der Waals surface area contributed by atoms with Gasteiger partial charge in [0, 0.05) is 32.1 Å². The molecule has 3 heterocycles. The third kappa shape index (κ3) is 5.29. The van der Waals surface area contributed by atoms with Crippen LogP contribution in [0.25, 0.3) is 5.69 Å². The van der Waals surface area contributed by atoms with Crippen LogP contribution < -0.4 is 0 Å². The first-order chi connectivity index (χ1) is 16.1. The number of nitrogens with zero attached hydrogens (tertiary/aromatic N) is 4. The monoisotopic (exact) mass is 466 g/mol. The van der Waals surface area contributed by atoms with Gasteiger partial charge >= 0.3 is 6.09 Å². The lowest BCUT2D eigenvalue weighted by molar-refractivity contribution is 0.0203. The van der Waals surface area contributed by atoms with E-state index in [4.69, 9.17) is 9.84 Å². The average Bonchev–Trinajstić information content (AvgIpc) is 3.23. The molecule has 4 rings (SSSR count). The molecule has 184 valence electrons. The Morgan fingerprint density at radius 2 is 1.65 bits per heavy atom. The number of carbonyl (C=O) groups is 2. The Morgan fingerprint density at radius 1 is 0.971 bits per heavy atom. The van der Waals surface area contributed by atoms with Crippen molar-refractivity contribution in [2.45, 2.75) is 78.2 Å². The van der Waals surface area contributed by atoms with Gasteiger partial charge in [0.1, 0.15) is 5.60 Å². The summed E-state index contributed by atoms with van der Waals surface area (Å²) in [6, 6.07) is 6.33. The van der Waals surface area contributed by atoms with Crippen molar-refractivity contribution in [3.05, 3.63) is 46.8 Å². The van der Waals surface area contributed by atoms with E-state index in [0.29, 0.717) is 18.7 Å². The molecule has 2 fully saturated rings. The van der Waals surface area contributed by atoms with Gasteiger partial charge in [0.2, 0.25) is 0 Å². The number of hydrogen-bond donors (Lipinski definition) is 0. The van der Waals surface area contributed by atoms with Crippen molar-refractivity contribution in [2.24, 2.45) is 0 Å². The summed E-state index contributed by atoms with van der Waals surface area (Å²) in [6.07, 6.45) is 6.33. The Labute approximate surface area is 203 Å². The molecule has 2 saturated heterocycles. The first-order valence-corrected chi connectivity index (χ1v) is 12.6. The van der Waals surface area contributed by atoms with Crippen LogP contribution in [0.3, 0.4) is 0 Å². The van der Waals surface area contributed by atoms with E-state index in [9.17, 15) is 9.59 Å². The van der Waals surface area contributed by atoms with Crippen molar-refractivity contribution < 1.29 is 14.3 Å². The number of ether oxygens (including phenoxy) is 1. The number of amides is 2. The highest BCUT2D eigenvalue weighted by Crippen LogP contribution is 2.34. The molecular weight excluding hydrogens is 428 g/mol. The first-order valence-electron chi connectivity index (χ1n) is 12.6. The topological polar surface area (TPSA) is 67.7 Å². The van der Waals surface area contributed by atoms with Gasteiger partial charge in [0.05, 0.1) is 23.1 Å². The molecule has 7 nitrogen and oxygen atoms in total. The van der Waals surface area contributed by atoms with Crippen LogP contribution in [0.5, 0.6) is 0 Å². The number of aromatic nitrogens is 2. The predicted molar refractivity (Wildman–Crippen MR) is 133 cm³/mol. The van der Waals surface area contributed by atoms with E-state index < -0.39 is 5.60 Å². The lowest BCUT2D eigenvalue weighted by atomic mass is 9.90. The second kappa shape index (κ2) is 9.80. The minimum atomic E-state index is -0.510. The van der Waals surface area contributed by atoms with Crippen molar-refractivity contribution in [2.75, 3.05) is 26.2 Å². The molecule has 2 aliphatic heterocycles. The summed E-state index contributed by atoms with van der Waals surface area (Å²) >= 11 is 0. The van der Waals surface area contributed by atoms with E-state index in [1.165, 1.54) is 12.0 Å². The number of benzene rings is 1. The zero-order chi connectivity index (χ0) is 24.5. The molecular formula is C27H38N4O3. The molecule has 1 aromatic carbocycles. The summed E-state index contributed by atoms with van der Waals surface area (Å²) in [5, 5.41) is 4.73. The van der Waals surface area contributed by atoms with Crippen LogP contribution in [0.1, 0.15) is 86.0 Å². The molecule has 0 unspecified atom stereocenters. The summed E-state index contributed by atoms with van der Waals surface area (Å²) in [6.45, 7) is 12.7. The zero-order valence-electron chi connectivity index (χ0n) is 21.3. The molecule has 1 aromatic heterocycles. The van der Waals surface area contributed by atoms with Crippen LogP contribution in [-0.2, 0) is 4.74 Å². The van der Waals surface area contributed by atoms with Gasteiger partial charge in [-0.1, -0.05) is 17.7 Å². The summed E-state index contributed by atoms with van der Waals surface area (Å²) < 4.78 is 7.55. The Balaban J connectivity index is 1.63. The third-order valence-corrected chi connectivity index (χ3v) is 6.79. The maximum atomic E-state index is 13.6. The fourth-order valence-corrected chi connectivity index (χ4v) is 5.08. The highest BCUT2D eigenvalue weighted by Gasteiger charge is 2.33. The Morgan fingerprint density at radius 3 is 2.26 bits per heavy atom. The van der Waals surface area contributed by atoms with Gasteiger partial charge in [-0.3, -0.25) is 4.79 Å². The van der Waals surface area contributed by atoms with Crippen LogP contribution in [0.4, 0.5) is 4.79 Å². The summed E-state index contributed by atoms with van der Waals surface area (Å²) in [5.41, 5.74) is 4.51. The number of hydrogen-bond acceptors (Lipinski definition) is 4. The fraction of sp³-hybridized carbons (Fsp3) is 0.593. The van der Waals surface area contributed by atoms with Gasteiger partial charge in [-0.2, -0.15) is 5.10 Å². The van der Waals surface area contributed by atoms with Crippen molar-refractivity contribution >= 4 is 12.0 Å². The number of rotatable bonds is 3. The third-order valence-electron chi connectivity index (χ3n) is 6.79. The normalized spacial score (nSPS) is 17.7. The molecule has 0 radical (unpaired) electrons. The second-order valence-corrected chi connectivity index (χ2v) is 10.7. The highest BCUT2D eigenvalue weighted by molar-refractivity contribution is 5.95. The molecule has 2 amide bonds. The lowest BCUT2D eigenvalue weighted by Crippen LogP contribution is -2.42. The van der Waals surface area contributed by atoms with Crippen molar-refractivity contribution in [3.8, 4) is 5.69 Å². The van der Waals surface area contributed by atoms with Crippen molar-refractivity contribution in [3.63, 3.8) is 0 Å². The van der Waals surface area contributed by atoms with Crippen LogP contribution >= 0.6 is 0 Å². The minimum Gasteiger partial charge on any atom is -0.444 e. The van der Waals surface area contributed by atoms with Crippen molar-refractivity contribution in [1.29, 1.82) is 0 Å². The molecule has 2 aliphatic rings. The number of piperidine rings is 2. The van der Waals surface area contributed by atoms with E-state index in [-0.39, 0.29) is 17.9 Å². The Hall–Kier alpha value is -2.83. The molecule has 0 atom stereocenters. The molecule has 2 aromatic rings. The molecule has 0 spiro atoms. The van der Waals surface area contributed by atoms with Crippen molar-refractivity contribution in [1.82, 2.24) is 19.6 Å². The minimum absolute atomic E-state index is 0.0836. The Kier molecular flexibility index (Phi) is 7.01. The largest absolute Gasteiger partial charge is 0.444 e. The number of aryl methyl sites for hydroxylation is 2. The smallest absolute Gasteiger partial charge is 0.410 e. The molecule has 0 saturated carbocycles.